The van der Waals surface area contributed by atoms with Crippen LogP contribution in [0.1, 0.15) is 31.1 Å². The first-order valence-corrected chi connectivity index (χ1v) is 7.53. The molecule has 1 aliphatic rings. The van der Waals surface area contributed by atoms with Crippen LogP contribution in [0.2, 0.25) is 10.0 Å². The van der Waals surface area contributed by atoms with Crippen LogP contribution in [0.3, 0.4) is 0 Å². The van der Waals surface area contributed by atoms with E-state index in [4.69, 9.17) is 37.6 Å². The van der Waals surface area contributed by atoms with Gasteiger partial charge in [-0.1, -0.05) is 34.8 Å². The Bertz CT molecular complexity index is 730. The molecular weight excluding hydrogens is 372 g/mol. The molecule has 3 rings (SSSR count). The standard InChI is InChI=1S/C12H10Cl2N2O.C2HF3O2/c13-8-4-5-9(10(14)6-8)11-15-12(17-16-11)7-2-1-3-7;3-2(4,5)1(6)7/h4-7H,1-3H2;(H,6,7). The Labute approximate surface area is 144 Å². The highest BCUT2D eigenvalue weighted by Crippen LogP contribution is 2.36. The minimum Gasteiger partial charge on any atom is -0.475 e. The molecule has 0 spiro atoms. The first-order chi connectivity index (χ1) is 11.2. The predicted molar refractivity (Wildman–Crippen MR) is 80.0 cm³/mol. The van der Waals surface area contributed by atoms with Crippen molar-refractivity contribution >= 4 is 29.2 Å². The molecular formula is C14H11Cl2F3N2O3. The van der Waals surface area contributed by atoms with Gasteiger partial charge >= 0.3 is 12.1 Å². The first kappa shape index (κ1) is 18.5. The molecule has 0 saturated heterocycles. The number of benzene rings is 1. The summed E-state index contributed by atoms with van der Waals surface area (Å²) >= 11 is 11.9. The summed E-state index contributed by atoms with van der Waals surface area (Å²) in [5, 5.41) is 12.2. The van der Waals surface area contributed by atoms with Crippen LogP contribution < -0.4 is 0 Å². The average molecular weight is 383 g/mol. The van der Waals surface area contributed by atoms with Crippen LogP contribution >= 0.6 is 23.2 Å². The van der Waals surface area contributed by atoms with Crippen LogP contribution in [0.25, 0.3) is 11.4 Å². The number of nitrogens with zero attached hydrogens (tertiary/aromatic N) is 2. The van der Waals surface area contributed by atoms with Crippen molar-refractivity contribution in [1.29, 1.82) is 0 Å². The van der Waals surface area contributed by atoms with Gasteiger partial charge in [0.25, 0.3) is 0 Å². The van der Waals surface area contributed by atoms with Crippen molar-refractivity contribution in [2.45, 2.75) is 31.4 Å². The lowest BCUT2D eigenvalue weighted by Gasteiger charge is -2.20. The molecule has 1 aromatic carbocycles. The molecule has 130 valence electrons. The minimum atomic E-state index is -5.08. The fraction of sp³-hybridized carbons (Fsp3) is 0.357. The van der Waals surface area contributed by atoms with Crippen molar-refractivity contribution in [2.75, 3.05) is 0 Å². The summed E-state index contributed by atoms with van der Waals surface area (Å²) in [6.45, 7) is 0. The minimum absolute atomic E-state index is 0.433. The largest absolute Gasteiger partial charge is 0.490 e. The third-order valence-corrected chi connectivity index (χ3v) is 3.86. The van der Waals surface area contributed by atoms with Gasteiger partial charge in [0.05, 0.1) is 5.02 Å². The lowest BCUT2D eigenvalue weighted by Crippen LogP contribution is -2.21. The topological polar surface area (TPSA) is 76.2 Å². The Kier molecular flexibility index (Phi) is 5.71. The molecule has 5 nitrogen and oxygen atoms in total. The van der Waals surface area contributed by atoms with Crippen LogP contribution in [0.4, 0.5) is 13.2 Å². The van der Waals surface area contributed by atoms with Crippen LogP contribution in [0.15, 0.2) is 22.7 Å². The highest BCUT2D eigenvalue weighted by molar-refractivity contribution is 6.36. The summed E-state index contributed by atoms with van der Waals surface area (Å²) in [5.41, 5.74) is 0.755. The van der Waals surface area contributed by atoms with Crippen LogP contribution in [-0.4, -0.2) is 27.4 Å². The van der Waals surface area contributed by atoms with Gasteiger partial charge in [-0.3, -0.25) is 0 Å². The smallest absolute Gasteiger partial charge is 0.475 e. The molecule has 0 aliphatic heterocycles. The lowest BCUT2D eigenvalue weighted by atomic mass is 9.85. The summed E-state index contributed by atoms with van der Waals surface area (Å²) in [4.78, 5) is 13.3. The monoisotopic (exact) mass is 382 g/mol. The van der Waals surface area contributed by atoms with Crippen molar-refractivity contribution in [3.63, 3.8) is 0 Å². The van der Waals surface area contributed by atoms with Gasteiger partial charge in [-0.2, -0.15) is 18.2 Å². The van der Waals surface area contributed by atoms with E-state index in [1.54, 1.807) is 18.2 Å². The zero-order valence-electron chi connectivity index (χ0n) is 12.0. The average Bonchev–Trinajstić information content (AvgIpc) is 2.85. The molecule has 1 aliphatic carbocycles. The second kappa shape index (κ2) is 7.40. The molecule has 1 heterocycles. The summed E-state index contributed by atoms with van der Waals surface area (Å²) < 4.78 is 37.0. The van der Waals surface area contributed by atoms with Crippen LogP contribution in [0, 0.1) is 0 Å². The van der Waals surface area contributed by atoms with E-state index < -0.39 is 12.1 Å². The van der Waals surface area contributed by atoms with Gasteiger partial charge in [-0.25, -0.2) is 4.79 Å². The molecule has 0 radical (unpaired) electrons. The molecule has 0 amide bonds. The normalized spacial score (nSPS) is 14.5. The van der Waals surface area contributed by atoms with Gasteiger partial charge in [-0.05, 0) is 31.0 Å². The van der Waals surface area contributed by atoms with Crippen molar-refractivity contribution in [3.8, 4) is 11.4 Å². The summed E-state index contributed by atoms with van der Waals surface area (Å²) in [6, 6.07) is 5.25. The maximum atomic E-state index is 10.6. The number of hydrogen-bond acceptors (Lipinski definition) is 4. The van der Waals surface area contributed by atoms with E-state index in [-0.39, 0.29) is 0 Å². The molecule has 0 bridgehead atoms. The maximum absolute atomic E-state index is 10.6. The molecule has 0 atom stereocenters. The molecule has 1 fully saturated rings. The third kappa shape index (κ3) is 4.61. The summed E-state index contributed by atoms with van der Waals surface area (Å²) in [7, 11) is 0. The highest BCUT2D eigenvalue weighted by Gasteiger charge is 2.38. The number of carboxylic acids is 1. The van der Waals surface area contributed by atoms with Gasteiger partial charge in [0, 0.05) is 16.5 Å². The fourth-order valence-electron chi connectivity index (χ4n) is 1.84. The molecule has 2 aromatic rings. The zero-order chi connectivity index (χ0) is 17.9. The first-order valence-electron chi connectivity index (χ1n) is 6.77. The second-order valence-electron chi connectivity index (χ2n) is 5.01. The maximum Gasteiger partial charge on any atom is 0.490 e. The summed E-state index contributed by atoms with van der Waals surface area (Å²) in [5.74, 6) is -1.07. The Hall–Kier alpha value is -1.80. The highest BCUT2D eigenvalue weighted by atomic mass is 35.5. The van der Waals surface area contributed by atoms with E-state index in [9.17, 15) is 13.2 Å². The van der Waals surface area contributed by atoms with Gasteiger partial charge in [0.1, 0.15) is 0 Å². The van der Waals surface area contributed by atoms with E-state index in [0.717, 1.165) is 24.3 Å². The number of hydrogen-bond donors (Lipinski definition) is 1. The number of alkyl halides is 3. The van der Waals surface area contributed by atoms with Crippen LogP contribution in [-0.2, 0) is 4.79 Å². The van der Waals surface area contributed by atoms with E-state index in [0.29, 0.717) is 21.8 Å². The van der Waals surface area contributed by atoms with Gasteiger partial charge in [0.15, 0.2) is 0 Å². The number of halogens is 5. The number of rotatable bonds is 2. The molecule has 1 N–H and O–H groups in total. The van der Waals surface area contributed by atoms with Crippen LogP contribution in [0.5, 0.6) is 0 Å². The van der Waals surface area contributed by atoms with Crippen molar-refractivity contribution in [1.82, 2.24) is 10.1 Å². The molecule has 24 heavy (non-hydrogen) atoms. The van der Waals surface area contributed by atoms with E-state index >= 15 is 0 Å². The molecule has 10 heteroatoms. The van der Waals surface area contributed by atoms with Crippen molar-refractivity contribution in [2.24, 2.45) is 0 Å². The quantitative estimate of drug-likeness (QED) is 0.795. The third-order valence-electron chi connectivity index (χ3n) is 3.31. The zero-order valence-corrected chi connectivity index (χ0v) is 13.5. The number of aliphatic carboxylic acids is 1. The Morgan fingerprint density at radius 2 is 1.92 bits per heavy atom. The second-order valence-corrected chi connectivity index (χ2v) is 5.85. The lowest BCUT2D eigenvalue weighted by molar-refractivity contribution is -0.192. The molecule has 0 unspecified atom stereocenters. The SMILES string of the molecule is Clc1ccc(-c2noc(C3CCC3)n2)c(Cl)c1.O=C(O)C(F)(F)F. The van der Waals surface area contributed by atoms with Gasteiger partial charge in [0.2, 0.25) is 11.7 Å². The summed E-state index contributed by atoms with van der Waals surface area (Å²) in [6.07, 6.45) is -1.57. The number of carbonyl (C=O) groups is 1. The Morgan fingerprint density at radius 3 is 2.38 bits per heavy atom. The van der Waals surface area contributed by atoms with E-state index in [2.05, 4.69) is 10.1 Å². The van der Waals surface area contributed by atoms with E-state index in [1.807, 2.05) is 0 Å². The Balaban J connectivity index is 0.000000256. The van der Waals surface area contributed by atoms with Crippen molar-refractivity contribution in [3.05, 3.63) is 34.1 Å². The van der Waals surface area contributed by atoms with Crippen molar-refractivity contribution < 1.29 is 27.6 Å². The predicted octanol–water partition coefficient (Wildman–Crippen LogP) is 4.94. The molecule has 1 saturated carbocycles. The van der Waals surface area contributed by atoms with Gasteiger partial charge in [-0.15, -0.1) is 0 Å². The Morgan fingerprint density at radius 1 is 1.29 bits per heavy atom. The fourth-order valence-corrected chi connectivity index (χ4v) is 2.33. The van der Waals surface area contributed by atoms with Gasteiger partial charge < -0.3 is 9.63 Å². The number of carboxylic acid groups (broad SMARTS) is 1. The molecule has 1 aromatic heterocycles. The van der Waals surface area contributed by atoms with E-state index in [1.165, 1.54) is 6.42 Å². The number of aromatic nitrogens is 2.